The van der Waals surface area contributed by atoms with E-state index < -0.39 is 0 Å². The van der Waals surface area contributed by atoms with Crippen LogP contribution in [0.3, 0.4) is 0 Å². The Morgan fingerprint density at radius 1 is 1.35 bits per heavy atom. The summed E-state index contributed by atoms with van der Waals surface area (Å²) in [7, 11) is 1.64. The normalized spacial score (nSPS) is 25.8. The molecule has 8 heteroatoms. The zero-order valence-electron chi connectivity index (χ0n) is 14.9. The van der Waals surface area contributed by atoms with Gasteiger partial charge in [0.05, 0.1) is 5.69 Å². The van der Waals surface area contributed by atoms with E-state index in [-0.39, 0.29) is 11.8 Å². The van der Waals surface area contributed by atoms with Crippen LogP contribution in [0.2, 0.25) is 0 Å². The smallest absolute Gasteiger partial charge is 0.292 e. The zero-order chi connectivity index (χ0) is 17.7. The number of aromatic nitrogens is 4. The zero-order valence-corrected chi connectivity index (χ0v) is 14.9. The van der Waals surface area contributed by atoms with Crippen molar-refractivity contribution in [3.8, 4) is 0 Å². The van der Waals surface area contributed by atoms with Crippen LogP contribution in [0, 0.1) is 11.8 Å². The number of carbonyl (C=O) groups excluding carboxylic acids is 1. The van der Waals surface area contributed by atoms with Crippen LogP contribution in [0.4, 0.5) is 0 Å². The van der Waals surface area contributed by atoms with Crippen molar-refractivity contribution in [2.45, 2.75) is 44.1 Å². The molecule has 3 aliphatic rings. The van der Waals surface area contributed by atoms with Crippen molar-refractivity contribution in [1.82, 2.24) is 25.2 Å². The highest BCUT2D eigenvalue weighted by Gasteiger charge is 2.46. The molecular weight excluding hydrogens is 334 g/mol. The average molecular weight is 357 g/mol. The van der Waals surface area contributed by atoms with Gasteiger partial charge in [-0.2, -0.15) is 5.10 Å². The molecule has 2 aliphatic carbocycles. The number of aromatic amines is 1. The Morgan fingerprint density at radius 3 is 2.92 bits per heavy atom. The van der Waals surface area contributed by atoms with Gasteiger partial charge in [-0.15, -0.1) is 0 Å². The molecule has 1 N–H and O–H groups in total. The number of methoxy groups -OCH3 is 1. The molecule has 2 aromatic rings. The van der Waals surface area contributed by atoms with Crippen molar-refractivity contribution in [2.24, 2.45) is 11.8 Å². The molecule has 8 nitrogen and oxygen atoms in total. The molecule has 0 aromatic carbocycles. The number of likely N-dealkylation sites (tertiary alicyclic amines) is 1. The van der Waals surface area contributed by atoms with Crippen molar-refractivity contribution >= 4 is 5.91 Å². The van der Waals surface area contributed by atoms with E-state index in [2.05, 4.69) is 20.3 Å². The SMILES string of the molecule is COCc1nc([C@H]2CN(C(=O)c3cc(C4CC4)no3)C[C@@H]2C2CC2)n[nH]1. The number of rotatable bonds is 6. The molecule has 2 aromatic heterocycles. The summed E-state index contributed by atoms with van der Waals surface area (Å²) in [6.45, 7) is 1.78. The lowest BCUT2D eigenvalue weighted by Gasteiger charge is -2.14. The molecule has 2 saturated carbocycles. The van der Waals surface area contributed by atoms with Crippen molar-refractivity contribution in [3.05, 3.63) is 29.2 Å². The van der Waals surface area contributed by atoms with Crippen LogP contribution in [-0.2, 0) is 11.3 Å². The van der Waals surface area contributed by atoms with E-state index in [1.165, 1.54) is 12.8 Å². The number of ether oxygens (including phenoxy) is 1. The summed E-state index contributed by atoms with van der Waals surface area (Å²) in [6, 6.07) is 1.82. The minimum Gasteiger partial charge on any atom is -0.377 e. The number of hydrogen-bond donors (Lipinski definition) is 1. The first-order valence-electron chi connectivity index (χ1n) is 9.39. The van der Waals surface area contributed by atoms with Crippen molar-refractivity contribution < 1.29 is 14.1 Å². The van der Waals surface area contributed by atoms with Crippen LogP contribution in [-0.4, -0.2) is 51.3 Å². The molecule has 5 rings (SSSR count). The van der Waals surface area contributed by atoms with E-state index >= 15 is 0 Å². The highest BCUT2D eigenvalue weighted by molar-refractivity contribution is 5.91. The van der Waals surface area contributed by atoms with Crippen LogP contribution in [0.15, 0.2) is 10.6 Å². The minimum absolute atomic E-state index is 0.0646. The predicted octanol–water partition coefficient (Wildman–Crippen LogP) is 2.08. The van der Waals surface area contributed by atoms with Crippen molar-refractivity contribution in [1.29, 1.82) is 0 Å². The lowest BCUT2D eigenvalue weighted by Crippen LogP contribution is -2.28. The summed E-state index contributed by atoms with van der Waals surface area (Å²) in [6.07, 6.45) is 4.74. The molecule has 0 radical (unpaired) electrons. The fourth-order valence-electron chi connectivity index (χ4n) is 4.06. The van der Waals surface area contributed by atoms with Gasteiger partial charge in [-0.25, -0.2) is 4.98 Å². The number of nitrogens with zero attached hydrogens (tertiary/aromatic N) is 4. The first-order valence-corrected chi connectivity index (χ1v) is 9.39. The Balaban J connectivity index is 1.34. The number of amides is 1. The molecule has 26 heavy (non-hydrogen) atoms. The lowest BCUT2D eigenvalue weighted by molar-refractivity contribution is 0.0743. The molecule has 0 spiro atoms. The molecule has 3 fully saturated rings. The van der Waals surface area contributed by atoms with Crippen LogP contribution in [0.5, 0.6) is 0 Å². The van der Waals surface area contributed by atoms with Crippen LogP contribution in [0.1, 0.15) is 65.4 Å². The van der Waals surface area contributed by atoms with Gasteiger partial charge in [0.15, 0.2) is 11.6 Å². The molecule has 1 aliphatic heterocycles. The Labute approximate surface area is 151 Å². The second kappa shape index (κ2) is 6.19. The monoisotopic (exact) mass is 357 g/mol. The molecule has 0 unspecified atom stereocenters. The van der Waals surface area contributed by atoms with E-state index in [1.807, 2.05) is 11.0 Å². The van der Waals surface area contributed by atoms with Gasteiger partial charge in [-0.05, 0) is 37.5 Å². The standard InChI is InChI=1S/C18H23N5O3/c1-25-9-16-19-17(21-20-16)13-8-23(7-12(13)10-2-3-10)18(24)15-6-14(22-26-15)11-4-5-11/h6,10-13H,2-5,7-9H2,1H3,(H,19,20,21)/t12-,13+/m1/s1. The second-order valence-corrected chi connectivity index (χ2v) is 7.78. The van der Waals surface area contributed by atoms with E-state index in [0.717, 1.165) is 36.7 Å². The summed E-state index contributed by atoms with van der Waals surface area (Å²) in [5.74, 6) is 3.54. The summed E-state index contributed by atoms with van der Waals surface area (Å²) < 4.78 is 10.5. The van der Waals surface area contributed by atoms with Crippen molar-refractivity contribution in [2.75, 3.05) is 20.2 Å². The van der Waals surface area contributed by atoms with E-state index in [4.69, 9.17) is 9.26 Å². The third-order valence-electron chi connectivity index (χ3n) is 5.78. The van der Waals surface area contributed by atoms with E-state index in [9.17, 15) is 4.79 Å². The summed E-state index contributed by atoms with van der Waals surface area (Å²) >= 11 is 0. The van der Waals surface area contributed by atoms with Gasteiger partial charge in [0, 0.05) is 38.1 Å². The van der Waals surface area contributed by atoms with Crippen LogP contribution in [0.25, 0.3) is 0 Å². The fourth-order valence-corrected chi connectivity index (χ4v) is 4.06. The van der Waals surface area contributed by atoms with Gasteiger partial charge in [0.25, 0.3) is 5.91 Å². The van der Waals surface area contributed by atoms with Crippen LogP contribution < -0.4 is 0 Å². The number of H-pyrrole nitrogens is 1. The molecule has 1 saturated heterocycles. The van der Waals surface area contributed by atoms with Gasteiger partial charge >= 0.3 is 0 Å². The molecule has 2 atom stereocenters. The second-order valence-electron chi connectivity index (χ2n) is 7.78. The minimum atomic E-state index is -0.0646. The van der Waals surface area contributed by atoms with Crippen molar-refractivity contribution in [3.63, 3.8) is 0 Å². The maximum atomic E-state index is 12.9. The maximum absolute atomic E-state index is 12.9. The average Bonchev–Trinajstić information content (AvgIpc) is 3.53. The largest absolute Gasteiger partial charge is 0.377 e. The molecule has 3 heterocycles. The summed E-state index contributed by atoms with van der Waals surface area (Å²) in [5, 5.41) is 11.4. The van der Waals surface area contributed by atoms with Gasteiger partial charge < -0.3 is 14.2 Å². The molecular formula is C18H23N5O3. The van der Waals surface area contributed by atoms with Gasteiger partial charge in [0.2, 0.25) is 5.76 Å². The molecule has 1 amide bonds. The number of carbonyl (C=O) groups is 1. The van der Waals surface area contributed by atoms with E-state index in [0.29, 0.717) is 36.7 Å². The third-order valence-corrected chi connectivity index (χ3v) is 5.78. The van der Waals surface area contributed by atoms with Crippen LogP contribution >= 0.6 is 0 Å². The highest BCUT2D eigenvalue weighted by Crippen LogP contribution is 2.47. The Morgan fingerprint density at radius 2 is 2.19 bits per heavy atom. The first kappa shape index (κ1) is 16.0. The molecule has 138 valence electrons. The van der Waals surface area contributed by atoms with Gasteiger partial charge in [0.1, 0.15) is 6.61 Å². The molecule has 0 bridgehead atoms. The topological polar surface area (TPSA) is 97.1 Å². The van der Waals surface area contributed by atoms with Gasteiger partial charge in [-0.1, -0.05) is 5.16 Å². The lowest BCUT2D eigenvalue weighted by atomic mass is 9.91. The number of nitrogens with one attached hydrogen (secondary N) is 1. The third kappa shape index (κ3) is 2.92. The van der Waals surface area contributed by atoms with E-state index in [1.54, 1.807) is 7.11 Å². The first-order chi connectivity index (χ1) is 12.7. The quantitative estimate of drug-likeness (QED) is 0.850. The van der Waals surface area contributed by atoms with Gasteiger partial charge in [-0.3, -0.25) is 9.89 Å². The highest BCUT2D eigenvalue weighted by atomic mass is 16.5. The Kier molecular flexibility index (Phi) is 3.81. The number of hydrogen-bond acceptors (Lipinski definition) is 6. The summed E-state index contributed by atoms with van der Waals surface area (Å²) in [4.78, 5) is 19.4. The summed E-state index contributed by atoms with van der Waals surface area (Å²) in [5.41, 5.74) is 0.918. The fraction of sp³-hybridized carbons (Fsp3) is 0.667. The maximum Gasteiger partial charge on any atom is 0.292 e. The predicted molar refractivity (Wildman–Crippen MR) is 90.4 cm³/mol. The Hall–Kier alpha value is -2.22. The Bertz CT molecular complexity index is 807.